The molecule has 0 fully saturated rings. The summed E-state index contributed by atoms with van der Waals surface area (Å²) in [6.07, 6.45) is 6.41. The summed E-state index contributed by atoms with van der Waals surface area (Å²) in [6.45, 7) is 2.87. The summed E-state index contributed by atoms with van der Waals surface area (Å²) in [5, 5.41) is 0. The van der Waals surface area contributed by atoms with E-state index in [-0.39, 0.29) is 25.6 Å². The maximum absolute atomic E-state index is 11.6. The molecule has 0 aromatic heterocycles. The van der Waals surface area contributed by atoms with Crippen LogP contribution in [-0.4, -0.2) is 63.8 Å². The van der Waals surface area contributed by atoms with E-state index in [1.165, 1.54) is 19.1 Å². The Morgan fingerprint density at radius 3 is 2.77 bits per heavy atom. The van der Waals surface area contributed by atoms with Gasteiger partial charge in [0.05, 0.1) is 26.4 Å². The number of rotatable bonds is 10. The molecule has 1 aliphatic rings. The molecule has 1 heterocycles. The van der Waals surface area contributed by atoms with Crippen LogP contribution in [0.4, 0.5) is 0 Å². The second-order valence-corrected chi connectivity index (χ2v) is 4.31. The van der Waals surface area contributed by atoms with Gasteiger partial charge in [-0.25, -0.2) is 0 Å². The van der Waals surface area contributed by atoms with E-state index < -0.39 is 18.4 Å². The van der Waals surface area contributed by atoms with Gasteiger partial charge in [-0.3, -0.25) is 9.59 Å². The van der Waals surface area contributed by atoms with Gasteiger partial charge in [0.2, 0.25) is 12.1 Å². The number of terminal acetylenes is 1. The Morgan fingerprint density at radius 1 is 1.32 bits per heavy atom. The number of esters is 1. The Kier molecular flexibility index (Phi) is 9.11. The third-order valence-corrected chi connectivity index (χ3v) is 2.51. The minimum absolute atomic E-state index is 0.0436. The Balaban J connectivity index is 2.14. The van der Waals surface area contributed by atoms with Gasteiger partial charge in [0.15, 0.2) is 0 Å². The van der Waals surface area contributed by atoms with Crippen LogP contribution in [0.25, 0.3) is 0 Å². The Labute approximate surface area is 129 Å². The molecule has 0 unspecified atom stereocenters. The fourth-order valence-electron chi connectivity index (χ4n) is 1.53. The topological polar surface area (TPSA) is 80.3 Å². The normalized spacial score (nSPS) is 20.6. The quantitative estimate of drug-likeness (QED) is 0.321. The largest absolute Gasteiger partial charge is 0.463 e. The van der Waals surface area contributed by atoms with Gasteiger partial charge in [0.25, 0.3) is 0 Å². The highest BCUT2D eigenvalue weighted by Crippen LogP contribution is 2.11. The van der Waals surface area contributed by atoms with E-state index in [1.807, 2.05) is 0 Å². The average molecular weight is 312 g/mol. The molecule has 0 N–H and O–H groups in total. The van der Waals surface area contributed by atoms with Crippen LogP contribution in [0.5, 0.6) is 0 Å². The lowest BCUT2D eigenvalue weighted by molar-refractivity contribution is -0.187. The molecule has 122 valence electrons. The summed E-state index contributed by atoms with van der Waals surface area (Å²) in [7, 11) is 0. The molecule has 1 aliphatic heterocycles. The van der Waals surface area contributed by atoms with Gasteiger partial charge < -0.3 is 23.7 Å². The zero-order chi connectivity index (χ0) is 16.2. The second-order valence-electron chi connectivity index (χ2n) is 4.31. The van der Waals surface area contributed by atoms with E-state index in [2.05, 4.69) is 5.92 Å². The first kappa shape index (κ1) is 18.3. The summed E-state index contributed by atoms with van der Waals surface area (Å²) in [5.74, 6) is 1.64. The summed E-state index contributed by atoms with van der Waals surface area (Å²) >= 11 is 0. The molecule has 1 rings (SSSR count). The molecule has 0 saturated carbocycles. The molecular formula is C15H20O7. The number of hydrogen-bond acceptors (Lipinski definition) is 7. The number of carbonyl (C=O) groups excluding carboxylic acids is 2. The Hall–Kier alpha value is -1.72. The van der Waals surface area contributed by atoms with E-state index in [0.29, 0.717) is 19.8 Å². The van der Waals surface area contributed by atoms with Crippen molar-refractivity contribution in [3.63, 3.8) is 0 Å². The fraction of sp³-hybridized carbons (Fsp3) is 0.600. The first-order valence-electron chi connectivity index (χ1n) is 6.85. The average Bonchev–Trinajstić information content (AvgIpc) is 2.50. The molecular weight excluding hydrogens is 292 g/mol. The third kappa shape index (κ3) is 7.90. The number of ketones is 1. The molecule has 2 atom stereocenters. The van der Waals surface area contributed by atoms with Gasteiger partial charge in [0.1, 0.15) is 19.3 Å². The SMILES string of the molecule is C#CCOCCOCCO[C@H]1O[C@H](COC(C)=O)C=CC1=O. The van der Waals surface area contributed by atoms with Gasteiger partial charge in [-0.05, 0) is 12.2 Å². The lowest BCUT2D eigenvalue weighted by Gasteiger charge is -2.24. The minimum atomic E-state index is -1.01. The van der Waals surface area contributed by atoms with Crippen LogP contribution in [-0.2, 0) is 33.3 Å². The van der Waals surface area contributed by atoms with Crippen LogP contribution in [0.15, 0.2) is 12.2 Å². The molecule has 22 heavy (non-hydrogen) atoms. The third-order valence-electron chi connectivity index (χ3n) is 2.51. The van der Waals surface area contributed by atoms with Crippen molar-refractivity contribution < 1.29 is 33.3 Å². The van der Waals surface area contributed by atoms with Crippen molar-refractivity contribution in [3.8, 4) is 12.3 Å². The van der Waals surface area contributed by atoms with Gasteiger partial charge in [-0.1, -0.05) is 5.92 Å². The summed E-state index contributed by atoms with van der Waals surface area (Å²) in [6, 6.07) is 0. The molecule has 0 aromatic carbocycles. The summed E-state index contributed by atoms with van der Waals surface area (Å²) in [5.41, 5.74) is 0. The molecule has 0 aliphatic carbocycles. The van der Waals surface area contributed by atoms with Crippen molar-refractivity contribution >= 4 is 11.8 Å². The summed E-state index contributed by atoms with van der Waals surface area (Å²) < 4.78 is 25.8. The monoisotopic (exact) mass is 312 g/mol. The number of carbonyl (C=O) groups is 2. The molecule has 0 spiro atoms. The van der Waals surface area contributed by atoms with Gasteiger partial charge in [-0.15, -0.1) is 6.42 Å². The van der Waals surface area contributed by atoms with Crippen molar-refractivity contribution in [2.75, 3.05) is 39.6 Å². The van der Waals surface area contributed by atoms with Crippen molar-refractivity contribution in [1.29, 1.82) is 0 Å². The van der Waals surface area contributed by atoms with Crippen molar-refractivity contribution in [2.45, 2.75) is 19.3 Å². The minimum Gasteiger partial charge on any atom is -0.463 e. The van der Waals surface area contributed by atoms with E-state index in [1.54, 1.807) is 0 Å². The fourth-order valence-corrected chi connectivity index (χ4v) is 1.53. The maximum Gasteiger partial charge on any atom is 0.302 e. The van der Waals surface area contributed by atoms with Crippen LogP contribution in [0.1, 0.15) is 6.92 Å². The second kappa shape index (κ2) is 10.9. The van der Waals surface area contributed by atoms with Crippen LogP contribution in [0.3, 0.4) is 0 Å². The van der Waals surface area contributed by atoms with Crippen LogP contribution in [0.2, 0.25) is 0 Å². The lowest BCUT2D eigenvalue weighted by atomic mass is 10.2. The molecule has 0 bridgehead atoms. The predicted octanol–water partition coefficient (Wildman–Crippen LogP) is 0.0827. The highest BCUT2D eigenvalue weighted by Gasteiger charge is 2.26. The maximum atomic E-state index is 11.6. The van der Waals surface area contributed by atoms with E-state index in [4.69, 9.17) is 30.1 Å². The highest BCUT2D eigenvalue weighted by molar-refractivity contribution is 5.93. The first-order valence-corrected chi connectivity index (χ1v) is 6.85. The highest BCUT2D eigenvalue weighted by atomic mass is 16.7. The zero-order valence-corrected chi connectivity index (χ0v) is 12.5. The zero-order valence-electron chi connectivity index (χ0n) is 12.5. The van der Waals surface area contributed by atoms with Crippen LogP contribution < -0.4 is 0 Å². The van der Waals surface area contributed by atoms with Crippen LogP contribution in [0, 0.1) is 12.3 Å². The number of hydrogen-bond donors (Lipinski definition) is 0. The Morgan fingerprint density at radius 2 is 2.05 bits per heavy atom. The van der Waals surface area contributed by atoms with Crippen molar-refractivity contribution in [2.24, 2.45) is 0 Å². The van der Waals surface area contributed by atoms with Crippen LogP contribution >= 0.6 is 0 Å². The molecule has 7 nitrogen and oxygen atoms in total. The van der Waals surface area contributed by atoms with Gasteiger partial charge in [-0.2, -0.15) is 0 Å². The molecule has 0 radical (unpaired) electrons. The molecule has 0 amide bonds. The predicted molar refractivity (Wildman–Crippen MR) is 75.9 cm³/mol. The van der Waals surface area contributed by atoms with Crippen molar-refractivity contribution in [1.82, 2.24) is 0 Å². The summed E-state index contributed by atoms with van der Waals surface area (Å²) in [4.78, 5) is 22.3. The smallest absolute Gasteiger partial charge is 0.302 e. The lowest BCUT2D eigenvalue weighted by Crippen LogP contribution is -2.37. The van der Waals surface area contributed by atoms with E-state index >= 15 is 0 Å². The van der Waals surface area contributed by atoms with E-state index in [9.17, 15) is 9.59 Å². The number of ether oxygens (including phenoxy) is 5. The van der Waals surface area contributed by atoms with Gasteiger partial charge in [0, 0.05) is 6.92 Å². The Bertz CT molecular complexity index is 424. The van der Waals surface area contributed by atoms with Crippen molar-refractivity contribution in [3.05, 3.63) is 12.2 Å². The molecule has 0 aromatic rings. The molecule has 7 heteroatoms. The first-order chi connectivity index (χ1) is 10.6. The van der Waals surface area contributed by atoms with Gasteiger partial charge >= 0.3 is 5.97 Å². The standard InChI is InChI=1S/C15H20O7/c1-3-6-18-7-8-19-9-10-20-15-14(17)5-4-13(22-15)11-21-12(2)16/h1,4-5,13,15H,6-11H2,2H3/t13-,15-/m0/s1. The molecule has 0 saturated heterocycles. The van der Waals surface area contributed by atoms with E-state index in [0.717, 1.165) is 0 Å².